The van der Waals surface area contributed by atoms with E-state index in [1.807, 2.05) is 0 Å². The average molecular weight is 453 g/mol. The zero-order valence-corrected chi connectivity index (χ0v) is 16.8. The molecule has 1 saturated heterocycles. The Morgan fingerprint density at radius 3 is 2.38 bits per heavy atom. The van der Waals surface area contributed by atoms with Crippen molar-refractivity contribution < 1.29 is 14.4 Å². The van der Waals surface area contributed by atoms with Crippen molar-refractivity contribution in [2.24, 2.45) is 10.3 Å². The number of halogens is 3. The van der Waals surface area contributed by atoms with E-state index >= 15 is 0 Å². The van der Waals surface area contributed by atoms with Crippen LogP contribution in [0.1, 0.15) is 0 Å². The van der Waals surface area contributed by atoms with E-state index in [0.29, 0.717) is 21.4 Å². The molecule has 1 N–H and O–H groups in total. The topological polar surface area (TPSA) is 94.4 Å². The van der Waals surface area contributed by atoms with Crippen molar-refractivity contribution in [3.63, 3.8) is 0 Å². The number of hydrogen-bond acceptors (Lipinski definition) is 6. The first-order valence-corrected chi connectivity index (χ1v) is 9.54. The Balaban J connectivity index is 1.49. The van der Waals surface area contributed by atoms with Crippen molar-refractivity contribution in [3.05, 3.63) is 57.5 Å². The fourth-order valence-corrected chi connectivity index (χ4v) is 3.71. The van der Waals surface area contributed by atoms with Gasteiger partial charge in [0.05, 0.1) is 16.4 Å². The number of rotatable bonds is 4. The van der Waals surface area contributed by atoms with Gasteiger partial charge in [-0.2, -0.15) is 5.11 Å². The first kappa shape index (κ1) is 19.6. The van der Waals surface area contributed by atoms with E-state index in [1.165, 1.54) is 11.1 Å². The number of amides is 3. The molecule has 148 valence electrons. The van der Waals surface area contributed by atoms with E-state index in [-0.39, 0.29) is 11.6 Å². The molecule has 2 atom stereocenters. The summed E-state index contributed by atoms with van der Waals surface area (Å²) in [6, 6.07) is 8.94. The maximum Gasteiger partial charge on any atom is 0.263 e. The summed E-state index contributed by atoms with van der Waals surface area (Å²) in [6.45, 7) is -0.281. The Hall–Kier alpha value is -2.68. The molecule has 2 aromatic carbocycles. The van der Waals surface area contributed by atoms with Crippen LogP contribution in [-0.4, -0.2) is 41.4 Å². The number of benzene rings is 2. The van der Waals surface area contributed by atoms with Crippen molar-refractivity contribution >= 4 is 63.9 Å². The third-order valence-electron chi connectivity index (χ3n) is 4.45. The Bertz CT molecular complexity index is 1040. The highest BCUT2D eigenvalue weighted by atomic mass is 35.5. The zero-order chi connectivity index (χ0) is 20.7. The lowest BCUT2D eigenvalue weighted by Crippen LogP contribution is -2.43. The molecule has 4 rings (SSSR count). The van der Waals surface area contributed by atoms with E-state index in [1.54, 1.807) is 36.4 Å². The monoisotopic (exact) mass is 451 g/mol. The number of carbonyl (C=O) groups is 3. The second-order valence-corrected chi connectivity index (χ2v) is 7.63. The van der Waals surface area contributed by atoms with Crippen LogP contribution in [0.25, 0.3) is 0 Å². The molecule has 29 heavy (non-hydrogen) atoms. The molecule has 0 unspecified atom stereocenters. The third kappa shape index (κ3) is 3.66. The van der Waals surface area contributed by atoms with Gasteiger partial charge in [-0.1, -0.05) is 40.0 Å². The minimum absolute atomic E-state index is 0.271. The van der Waals surface area contributed by atoms with Gasteiger partial charge in [0.25, 0.3) is 11.8 Å². The third-order valence-corrected chi connectivity index (χ3v) is 5.25. The number of nitrogens with zero attached hydrogens (tertiary/aromatic N) is 4. The molecule has 0 spiro atoms. The molecule has 2 heterocycles. The minimum atomic E-state index is -0.995. The predicted octanol–water partition coefficient (Wildman–Crippen LogP) is 3.58. The van der Waals surface area contributed by atoms with Crippen LogP contribution in [0.15, 0.2) is 52.8 Å². The smallest absolute Gasteiger partial charge is 0.263 e. The number of hydrogen-bond donors (Lipinski definition) is 1. The molecule has 0 aliphatic carbocycles. The van der Waals surface area contributed by atoms with E-state index in [2.05, 4.69) is 15.7 Å². The zero-order valence-electron chi connectivity index (χ0n) is 14.6. The molecule has 0 radical (unpaired) electrons. The summed E-state index contributed by atoms with van der Waals surface area (Å²) in [4.78, 5) is 38.9. The predicted molar refractivity (Wildman–Crippen MR) is 108 cm³/mol. The van der Waals surface area contributed by atoms with Crippen molar-refractivity contribution in [2.45, 2.75) is 12.1 Å². The first-order valence-electron chi connectivity index (χ1n) is 8.41. The first-order chi connectivity index (χ1) is 13.8. The second kappa shape index (κ2) is 7.62. The van der Waals surface area contributed by atoms with Gasteiger partial charge in [0, 0.05) is 10.0 Å². The maximum atomic E-state index is 12.9. The minimum Gasteiger partial charge on any atom is -0.323 e. The lowest BCUT2D eigenvalue weighted by molar-refractivity contribution is -0.123. The van der Waals surface area contributed by atoms with Crippen LogP contribution in [0, 0.1) is 0 Å². The van der Waals surface area contributed by atoms with Crippen molar-refractivity contribution in [3.8, 4) is 0 Å². The molecule has 2 aliphatic heterocycles. The molecule has 1 fully saturated rings. The van der Waals surface area contributed by atoms with Crippen LogP contribution < -0.4 is 10.2 Å². The number of imide groups is 1. The van der Waals surface area contributed by atoms with Crippen LogP contribution in [-0.2, 0) is 14.4 Å². The largest absolute Gasteiger partial charge is 0.323 e. The molecule has 3 amide bonds. The van der Waals surface area contributed by atoms with Crippen molar-refractivity contribution in [2.75, 3.05) is 16.8 Å². The van der Waals surface area contributed by atoms with E-state index in [4.69, 9.17) is 34.8 Å². The number of anilines is 2. The second-order valence-electron chi connectivity index (χ2n) is 6.35. The summed E-state index contributed by atoms with van der Waals surface area (Å²) in [5.74, 6) is -1.49. The number of fused-ring (bicyclic) bond motifs is 1. The van der Waals surface area contributed by atoms with E-state index < -0.39 is 29.8 Å². The van der Waals surface area contributed by atoms with Gasteiger partial charge in [-0.3, -0.25) is 19.4 Å². The molecule has 2 aromatic rings. The number of carbonyl (C=O) groups excluding carboxylic acids is 3. The van der Waals surface area contributed by atoms with Gasteiger partial charge in [-0.15, -0.1) is 0 Å². The lowest BCUT2D eigenvalue weighted by Gasteiger charge is -2.20. The van der Waals surface area contributed by atoms with E-state index in [0.717, 1.165) is 4.90 Å². The van der Waals surface area contributed by atoms with Gasteiger partial charge in [0.15, 0.2) is 12.1 Å². The summed E-state index contributed by atoms with van der Waals surface area (Å²) in [5.41, 5.74) is 0.747. The van der Waals surface area contributed by atoms with Crippen LogP contribution in [0.5, 0.6) is 0 Å². The molecular formula is C18H12Cl3N5O3. The Morgan fingerprint density at radius 1 is 1.00 bits per heavy atom. The molecular weight excluding hydrogens is 441 g/mol. The van der Waals surface area contributed by atoms with Crippen molar-refractivity contribution in [1.82, 2.24) is 5.01 Å². The summed E-state index contributed by atoms with van der Waals surface area (Å²) in [5, 5.41) is 12.7. The average Bonchev–Trinajstić information content (AvgIpc) is 3.19. The highest BCUT2D eigenvalue weighted by molar-refractivity contribution is 6.36. The van der Waals surface area contributed by atoms with Crippen molar-refractivity contribution in [1.29, 1.82) is 0 Å². The lowest BCUT2D eigenvalue weighted by atomic mass is 10.1. The molecule has 8 nitrogen and oxygen atoms in total. The van der Waals surface area contributed by atoms with Gasteiger partial charge < -0.3 is 5.32 Å². The summed E-state index contributed by atoms with van der Waals surface area (Å²) in [6.07, 6.45) is 0. The number of nitrogens with one attached hydrogen (secondary N) is 1. The van der Waals surface area contributed by atoms with Crippen LogP contribution in [0.4, 0.5) is 11.4 Å². The molecule has 2 aliphatic rings. The summed E-state index contributed by atoms with van der Waals surface area (Å²) < 4.78 is 0. The van der Waals surface area contributed by atoms with Crippen LogP contribution in [0.2, 0.25) is 15.1 Å². The molecule has 0 saturated carbocycles. The van der Waals surface area contributed by atoms with E-state index in [9.17, 15) is 14.4 Å². The summed E-state index contributed by atoms with van der Waals surface area (Å²) in [7, 11) is 0. The quantitative estimate of drug-likeness (QED) is 0.717. The highest BCUT2D eigenvalue weighted by Gasteiger charge is 2.55. The SMILES string of the molecule is O=C(CN1N=N[C@@H]2C(=O)N(c3ccc(Cl)cc3)C(=O)[C@H]21)Nc1ccc(Cl)cc1Cl. The van der Waals surface area contributed by atoms with Gasteiger partial charge >= 0.3 is 0 Å². The van der Waals surface area contributed by atoms with Gasteiger partial charge in [-0.25, -0.2) is 4.90 Å². The summed E-state index contributed by atoms with van der Waals surface area (Å²) >= 11 is 17.8. The van der Waals surface area contributed by atoms with Gasteiger partial charge in [-0.05, 0) is 42.5 Å². The molecule has 0 aromatic heterocycles. The normalized spacial score (nSPS) is 20.4. The maximum absolute atomic E-state index is 12.9. The highest BCUT2D eigenvalue weighted by Crippen LogP contribution is 2.32. The standard InChI is InChI=1S/C18H12Cl3N5O3/c19-9-1-4-11(5-2-9)26-17(28)15-16(18(26)29)25(24-23-15)8-14(27)22-13-6-3-10(20)7-12(13)21/h1-7,15-16H,8H2,(H,22,27)/t15-,16-/m0/s1. The fourth-order valence-electron chi connectivity index (χ4n) is 3.13. The van der Waals surface area contributed by atoms with Crippen LogP contribution >= 0.6 is 34.8 Å². The molecule has 0 bridgehead atoms. The Labute approximate surface area is 180 Å². The van der Waals surface area contributed by atoms with Crippen LogP contribution in [0.3, 0.4) is 0 Å². The fraction of sp³-hybridized carbons (Fsp3) is 0.167. The Kier molecular flexibility index (Phi) is 5.16. The van der Waals surface area contributed by atoms with Gasteiger partial charge in [0.1, 0.15) is 6.54 Å². The van der Waals surface area contributed by atoms with Gasteiger partial charge in [0.2, 0.25) is 5.91 Å². The Morgan fingerprint density at radius 2 is 1.69 bits per heavy atom. The molecule has 11 heteroatoms.